The van der Waals surface area contributed by atoms with Crippen molar-refractivity contribution in [2.75, 3.05) is 71.6 Å². The summed E-state index contributed by atoms with van der Waals surface area (Å²) in [5.41, 5.74) is 3.65. The molecule has 1 amide bonds. The van der Waals surface area contributed by atoms with Gasteiger partial charge >= 0.3 is 0 Å². The molecule has 1 atom stereocenters. The Balaban J connectivity index is 1.11. The van der Waals surface area contributed by atoms with Crippen LogP contribution in [-0.4, -0.2) is 92.0 Å². The Kier molecular flexibility index (Phi) is 11.4. The van der Waals surface area contributed by atoms with Crippen molar-refractivity contribution >= 4 is 22.9 Å². The van der Waals surface area contributed by atoms with Gasteiger partial charge in [0.05, 0.1) is 37.3 Å². The summed E-state index contributed by atoms with van der Waals surface area (Å²) >= 11 is 0. The van der Waals surface area contributed by atoms with E-state index in [1.54, 1.807) is 14.2 Å². The maximum absolute atomic E-state index is 14.3. The number of para-hydroxylation sites is 2. The van der Waals surface area contributed by atoms with Crippen molar-refractivity contribution in [2.24, 2.45) is 5.41 Å². The summed E-state index contributed by atoms with van der Waals surface area (Å²) in [7, 11) is 3.24. The lowest BCUT2D eigenvalue weighted by molar-refractivity contribution is -0.137. The zero-order valence-corrected chi connectivity index (χ0v) is 29.2. The number of imidazole rings is 1. The monoisotopic (exact) mass is 671 g/mol. The van der Waals surface area contributed by atoms with E-state index in [2.05, 4.69) is 32.6 Å². The average molecular weight is 672 g/mol. The molecule has 0 saturated carbocycles. The fourth-order valence-corrected chi connectivity index (χ4v) is 7.58. The minimum Gasteiger partial charge on any atom is -0.493 e. The van der Waals surface area contributed by atoms with E-state index in [0.29, 0.717) is 44.2 Å². The van der Waals surface area contributed by atoms with Crippen LogP contribution in [0.4, 0.5) is 10.3 Å². The number of ether oxygens (including phenoxy) is 3. The number of rotatable bonds is 15. The maximum Gasteiger partial charge on any atom is 0.229 e. The first-order chi connectivity index (χ1) is 23.9. The molecule has 0 bridgehead atoms. The molecule has 0 aliphatic carbocycles. The Morgan fingerprint density at radius 2 is 1.67 bits per heavy atom. The second kappa shape index (κ2) is 16.0. The number of anilines is 1. The second-order valence-electron chi connectivity index (χ2n) is 13.3. The van der Waals surface area contributed by atoms with Gasteiger partial charge in [-0.3, -0.25) is 4.79 Å². The number of halogens is 1. The van der Waals surface area contributed by atoms with Gasteiger partial charge in [0, 0.05) is 45.9 Å². The minimum atomic E-state index is -0.516. The third-order valence-electron chi connectivity index (χ3n) is 10.2. The number of amides is 1. The normalized spacial score (nSPS) is 18.7. The topological polar surface area (TPSA) is 72.3 Å². The molecule has 1 unspecified atom stereocenters. The van der Waals surface area contributed by atoms with Gasteiger partial charge in [-0.15, -0.1) is 0 Å². The summed E-state index contributed by atoms with van der Waals surface area (Å²) in [6.07, 6.45) is 4.15. The fraction of sp³-hybridized carbons (Fsp3) is 0.487. The minimum absolute atomic E-state index is 0.180. The molecule has 0 N–H and O–H groups in total. The zero-order valence-electron chi connectivity index (χ0n) is 29.2. The number of carbonyl (C=O) groups is 1. The van der Waals surface area contributed by atoms with Gasteiger partial charge in [0.1, 0.15) is 5.82 Å². The average Bonchev–Trinajstić information content (AvgIpc) is 3.52. The predicted octanol–water partition coefficient (Wildman–Crippen LogP) is 6.18. The summed E-state index contributed by atoms with van der Waals surface area (Å²) in [5.74, 6) is 2.27. The van der Waals surface area contributed by atoms with Gasteiger partial charge in [-0.05, 0) is 99.6 Å². The first-order valence-corrected chi connectivity index (χ1v) is 17.7. The van der Waals surface area contributed by atoms with E-state index in [1.807, 2.05) is 48.2 Å². The molecule has 262 valence electrons. The van der Waals surface area contributed by atoms with E-state index in [0.717, 1.165) is 93.1 Å². The zero-order chi connectivity index (χ0) is 34.2. The molecule has 3 aromatic carbocycles. The molecule has 2 fully saturated rings. The first kappa shape index (κ1) is 34.7. The van der Waals surface area contributed by atoms with Crippen molar-refractivity contribution in [3.8, 4) is 11.5 Å². The van der Waals surface area contributed by atoms with Gasteiger partial charge < -0.3 is 33.5 Å². The number of hydrogen-bond donors (Lipinski definition) is 0. The van der Waals surface area contributed by atoms with Crippen LogP contribution in [0.5, 0.6) is 11.5 Å². The third-order valence-corrected chi connectivity index (χ3v) is 10.2. The third kappa shape index (κ3) is 8.02. The summed E-state index contributed by atoms with van der Waals surface area (Å²) in [4.78, 5) is 26.3. The molecule has 49 heavy (non-hydrogen) atoms. The molecule has 0 radical (unpaired) electrons. The highest BCUT2D eigenvalue weighted by molar-refractivity contribution is 5.85. The van der Waals surface area contributed by atoms with Crippen LogP contribution in [0.1, 0.15) is 43.7 Å². The number of benzene rings is 3. The van der Waals surface area contributed by atoms with Crippen molar-refractivity contribution in [3.63, 3.8) is 0 Å². The highest BCUT2D eigenvalue weighted by Gasteiger charge is 2.46. The number of fused-ring (bicyclic) bond motifs is 1. The van der Waals surface area contributed by atoms with Crippen LogP contribution in [-0.2, 0) is 29.0 Å². The van der Waals surface area contributed by atoms with E-state index in [-0.39, 0.29) is 11.7 Å². The maximum atomic E-state index is 14.3. The van der Waals surface area contributed by atoms with Gasteiger partial charge in [0.2, 0.25) is 11.9 Å². The molecule has 9 nitrogen and oxygen atoms in total. The van der Waals surface area contributed by atoms with E-state index in [1.165, 1.54) is 12.1 Å². The van der Waals surface area contributed by atoms with Crippen molar-refractivity contribution in [3.05, 3.63) is 83.7 Å². The lowest BCUT2D eigenvalue weighted by Crippen LogP contribution is -2.37. The molecule has 0 spiro atoms. The van der Waals surface area contributed by atoms with Crippen LogP contribution in [0.3, 0.4) is 0 Å². The second-order valence-corrected chi connectivity index (χ2v) is 13.3. The largest absolute Gasteiger partial charge is 0.493 e. The van der Waals surface area contributed by atoms with Gasteiger partial charge in [-0.25, -0.2) is 9.37 Å². The number of methoxy groups -OCH3 is 2. The van der Waals surface area contributed by atoms with Crippen molar-refractivity contribution in [1.29, 1.82) is 0 Å². The number of hydrogen-bond acceptors (Lipinski definition) is 7. The molecule has 1 aromatic heterocycles. The Morgan fingerprint density at radius 3 is 2.47 bits per heavy atom. The van der Waals surface area contributed by atoms with Crippen molar-refractivity contribution < 1.29 is 23.4 Å². The van der Waals surface area contributed by atoms with E-state index >= 15 is 0 Å². The Bertz CT molecular complexity index is 1690. The molecular formula is C39H50FN5O4. The highest BCUT2D eigenvalue weighted by Crippen LogP contribution is 2.41. The first-order valence-electron chi connectivity index (χ1n) is 17.7. The smallest absolute Gasteiger partial charge is 0.229 e. The van der Waals surface area contributed by atoms with Crippen LogP contribution in [0.2, 0.25) is 0 Å². The molecule has 3 heterocycles. The lowest BCUT2D eigenvalue weighted by atomic mass is 9.76. The molecule has 2 aliphatic rings. The fourth-order valence-electron chi connectivity index (χ4n) is 7.58. The Morgan fingerprint density at radius 1 is 0.878 bits per heavy atom. The highest BCUT2D eigenvalue weighted by atomic mass is 19.1. The van der Waals surface area contributed by atoms with E-state index in [9.17, 15) is 9.18 Å². The quantitative estimate of drug-likeness (QED) is 0.140. The van der Waals surface area contributed by atoms with Gasteiger partial charge in [0.25, 0.3) is 0 Å². The predicted molar refractivity (Wildman–Crippen MR) is 191 cm³/mol. The van der Waals surface area contributed by atoms with Crippen LogP contribution < -0.4 is 14.4 Å². The molecule has 2 aliphatic heterocycles. The van der Waals surface area contributed by atoms with E-state index < -0.39 is 5.41 Å². The van der Waals surface area contributed by atoms with Crippen LogP contribution >= 0.6 is 0 Å². The number of nitrogens with zero attached hydrogens (tertiary/aromatic N) is 5. The summed E-state index contributed by atoms with van der Waals surface area (Å²) in [6, 6.07) is 20.8. The standard InChI is InChI=1S/C39H50FN5O4/c1-4-49-26-25-45-34-10-6-5-9-33(34)41-38(45)43-21-8-20-42(23-24-43)19-7-17-39(28-30-11-14-32(40)15-12-30)18-22-44(37(39)46)29-31-13-16-35(47-2)36(27-31)48-3/h5-6,9-16,27H,4,7-8,17-26,28-29H2,1-3H3. The molecule has 4 aromatic rings. The Hall–Kier alpha value is -4.15. The van der Waals surface area contributed by atoms with Gasteiger partial charge in [0.15, 0.2) is 11.5 Å². The summed E-state index contributed by atoms with van der Waals surface area (Å²) < 4.78 is 32.7. The molecule has 10 heteroatoms. The summed E-state index contributed by atoms with van der Waals surface area (Å²) in [5, 5.41) is 0. The van der Waals surface area contributed by atoms with Crippen LogP contribution in [0.15, 0.2) is 66.7 Å². The van der Waals surface area contributed by atoms with Gasteiger partial charge in [-0.1, -0.05) is 30.3 Å². The molecule has 2 saturated heterocycles. The van der Waals surface area contributed by atoms with Crippen molar-refractivity contribution in [2.45, 2.75) is 52.1 Å². The van der Waals surface area contributed by atoms with E-state index in [4.69, 9.17) is 19.2 Å². The summed E-state index contributed by atoms with van der Waals surface area (Å²) in [6.45, 7) is 10.1. The molecular weight excluding hydrogens is 621 g/mol. The lowest BCUT2D eigenvalue weighted by Gasteiger charge is -2.30. The molecule has 6 rings (SSSR count). The number of likely N-dealkylation sites (tertiary alicyclic amines) is 1. The van der Waals surface area contributed by atoms with Crippen LogP contribution in [0.25, 0.3) is 11.0 Å². The van der Waals surface area contributed by atoms with Gasteiger partial charge in [-0.2, -0.15) is 0 Å². The van der Waals surface area contributed by atoms with Crippen molar-refractivity contribution in [1.82, 2.24) is 19.4 Å². The SMILES string of the molecule is CCOCCn1c(N2CCCN(CCCC3(Cc4ccc(F)cc4)CCN(Cc4ccc(OC)c(OC)c4)C3=O)CC2)nc2ccccc21. The van der Waals surface area contributed by atoms with Crippen LogP contribution in [0, 0.1) is 11.2 Å². The number of carbonyl (C=O) groups excluding carboxylic acids is 1. The Labute approximate surface area is 289 Å². The number of aromatic nitrogens is 2.